The van der Waals surface area contributed by atoms with Crippen LogP contribution in [0.4, 0.5) is 4.39 Å². The Morgan fingerprint density at radius 3 is 2.67 bits per heavy atom. The van der Waals surface area contributed by atoms with Crippen LogP contribution in [-0.2, 0) is 4.74 Å². The Labute approximate surface area is 134 Å². The molecular formula is C17H23FInNO. The van der Waals surface area contributed by atoms with E-state index in [1.807, 2.05) is 12.1 Å². The van der Waals surface area contributed by atoms with Gasteiger partial charge in [-0.25, -0.2) is 0 Å². The number of hydrogen-bond acceptors (Lipinski definition) is 2. The molecule has 0 spiro atoms. The fourth-order valence-electron chi connectivity index (χ4n) is 2.56. The quantitative estimate of drug-likeness (QED) is 0.633. The summed E-state index contributed by atoms with van der Waals surface area (Å²) in [4.78, 5) is 2.34. The van der Waals surface area contributed by atoms with Crippen molar-refractivity contribution in [3.05, 3.63) is 49.6 Å². The van der Waals surface area contributed by atoms with Crippen molar-refractivity contribution in [1.29, 1.82) is 0 Å². The van der Waals surface area contributed by atoms with Gasteiger partial charge in [-0.15, -0.1) is 0 Å². The van der Waals surface area contributed by atoms with E-state index in [0.29, 0.717) is 0 Å². The summed E-state index contributed by atoms with van der Waals surface area (Å²) in [5.41, 5.74) is 0. The van der Waals surface area contributed by atoms with Crippen LogP contribution in [0.5, 0.6) is 0 Å². The van der Waals surface area contributed by atoms with Gasteiger partial charge in [0.1, 0.15) is 0 Å². The molecule has 0 aliphatic carbocycles. The molecule has 1 aliphatic rings. The zero-order valence-electron chi connectivity index (χ0n) is 12.9. The van der Waals surface area contributed by atoms with Crippen molar-refractivity contribution in [1.82, 2.24) is 4.90 Å². The van der Waals surface area contributed by atoms with Crippen LogP contribution in [0, 0.1) is 5.82 Å². The number of halogens is 1. The van der Waals surface area contributed by atoms with Crippen molar-refractivity contribution in [2.45, 2.75) is 19.8 Å². The van der Waals surface area contributed by atoms with Gasteiger partial charge in [0, 0.05) is 0 Å². The monoisotopic (exact) mass is 391 g/mol. The summed E-state index contributed by atoms with van der Waals surface area (Å²) in [6, 6.07) is 6.93. The van der Waals surface area contributed by atoms with Crippen LogP contribution in [0.15, 0.2) is 43.8 Å². The average molecular weight is 391 g/mol. The number of ether oxygens (including phenoxy) is 1. The first-order valence-electron chi connectivity index (χ1n) is 7.66. The van der Waals surface area contributed by atoms with Crippen LogP contribution < -0.4 is 3.32 Å². The molecule has 1 heterocycles. The predicted molar refractivity (Wildman–Crippen MR) is 87.4 cm³/mol. The molecule has 0 atom stereocenters. The molecule has 0 saturated carbocycles. The molecule has 0 N–H and O–H groups in total. The van der Waals surface area contributed by atoms with Gasteiger partial charge in [-0.1, -0.05) is 0 Å². The Kier molecular flexibility index (Phi) is 6.84. The van der Waals surface area contributed by atoms with Gasteiger partial charge in [-0.2, -0.15) is 0 Å². The van der Waals surface area contributed by atoms with Crippen molar-refractivity contribution in [3.8, 4) is 0 Å². The predicted octanol–water partition coefficient (Wildman–Crippen LogP) is 2.81. The first-order chi connectivity index (χ1) is 10.2. The molecule has 21 heavy (non-hydrogen) atoms. The summed E-state index contributed by atoms with van der Waals surface area (Å²) in [6.07, 6.45) is 6.44. The van der Waals surface area contributed by atoms with E-state index in [1.165, 1.54) is 13.3 Å². The van der Waals surface area contributed by atoms with Crippen LogP contribution in [0.3, 0.4) is 0 Å². The Hall–Kier alpha value is -0.740. The molecule has 0 amide bonds. The van der Waals surface area contributed by atoms with E-state index in [4.69, 9.17) is 4.74 Å². The van der Waals surface area contributed by atoms with Gasteiger partial charge in [0.15, 0.2) is 0 Å². The number of benzene rings is 1. The molecule has 0 bridgehead atoms. The van der Waals surface area contributed by atoms with Gasteiger partial charge in [0.25, 0.3) is 0 Å². The van der Waals surface area contributed by atoms with Crippen LogP contribution in [0.1, 0.15) is 19.8 Å². The van der Waals surface area contributed by atoms with Crippen LogP contribution in [0.25, 0.3) is 0 Å². The molecule has 0 saturated heterocycles. The summed E-state index contributed by atoms with van der Waals surface area (Å²) >= 11 is -2.15. The molecule has 112 valence electrons. The standard InChI is InChI=1S/C11H19NO.C6H4F.In/c1-4-6-10-13-11-7-9-12(3)8-5-2;7-6-4-2-1-3-5-6;/h1,4,6H,5,7-9,11H2,2-3H3;2-5H;. The van der Waals surface area contributed by atoms with Crippen LogP contribution in [0.2, 0.25) is 0 Å². The zero-order chi connectivity index (χ0) is 15.1. The zero-order valence-corrected chi connectivity index (χ0v) is 16.2. The Bertz CT molecular complexity index is 498. The minimum atomic E-state index is -2.15. The molecule has 2 rings (SSSR count). The second-order valence-corrected chi connectivity index (χ2v) is 12.8. The third kappa shape index (κ3) is 5.19. The first-order valence-corrected chi connectivity index (χ1v) is 12.9. The van der Waals surface area contributed by atoms with Crippen molar-refractivity contribution in [2.75, 3.05) is 26.7 Å². The third-order valence-electron chi connectivity index (χ3n) is 3.66. The first kappa shape index (κ1) is 16.6. The molecule has 2 nitrogen and oxygen atoms in total. The molecule has 0 unspecified atom stereocenters. The van der Waals surface area contributed by atoms with E-state index >= 15 is 0 Å². The molecular weight excluding hydrogens is 368 g/mol. The second kappa shape index (κ2) is 8.64. The minimum absolute atomic E-state index is 0.169. The van der Waals surface area contributed by atoms with E-state index in [-0.39, 0.29) is 5.82 Å². The number of allylic oxidation sites excluding steroid dienone is 2. The van der Waals surface area contributed by atoms with Crippen LogP contribution in [-0.4, -0.2) is 53.1 Å². The van der Waals surface area contributed by atoms with Gasteiger partial charge in [-0.05, 0) is 0 Å². The fourth-order valence-corrected chi connectivity index (χ4v) is 9.12. The van der Waals surface area contributed by atoms with Gasteiger partial charge < -0.3 is 0 Å². The summed E-state index contributed by atoms with van der Waals surface area (Å²) in [5.74, 6) is -0.169. The SMILES string of the molecule is CCCN(C)CCCO[C]1=CC=[CH][In]1[c]1ccc(F)cc1. The summed E-state index contributed by atoms with van der Waals surface area (Å²) < 4.78 is 23.8. The molecule has 1 aromatic rings. The summed E-state index contributed by atoms with van der Waals surface area (Å²) in [7, 11) is 2.15. The maximum absolute atomic E-state index is 13.0. The Morgan fingerprint density at radius 2 is 1.95 bits per heavy atom. The van der Waals surface area contributed by atoms with Crippen molar-refractivity contribution >= 4 is 24.8 Å². The molecule has 0 radical (unpaired) electrons. The number of rotatable bonds is 8. The Balaban J connectivity index is 1.79. The number of nitrogens with zero attached hydrogens (tertiary/aromatic N) is 1. The fraction of sp³-hybridized carbons (Fsp3) is 0.412. The van der Waals surface area contributed by atoms with Gasteiger partial charge in [0.2, 0.25) is 0 Å². The van der Waals surface area contributed by atoms with Crippen molar-refractivity contribution < 1.29 is 9.13 Å². The molecule has 1 aromatic carbocycles. The van der Waals surface area contributed by atoms with Gasteiger partial charge >= 0.3 is 135 Å². The second-order valence-electron chi connectivity index (χ2n) is 5.49. The van der Waals surface area contributed by atoms with Gasteiger partial charge in [0.05, 0.1) is 0 Å². The maximum atomic E-state index is 13.0. The molecule has 4 heteroatoms. The van der Waals surface area contributed by atoms with E-state index in [2.05, 4.69) is 34.9 Å². The van der Waals surface area contributed by atoms with Crippen LogP contribution >= 0.6 is 0 Å². The summed E-state index contributed by atoms with van der Waals surface area (Å²) in [6.45, 7) is 5.19. The van der Waals surface area contributed by atoms with E-state index < -0.39 is 21.4 Å². The molecule has 1 aliphatic heterocycles. The average Bonchev–Trinajstić information content (AvgIpc) is 2.93. The van der Waals surface area contributed by atoms with E-state index in [9.17, 15) is 4.39 Å². The summed E-state index contributed by atoms with van der Waals surface area (Å²) in [5, 5.41) is 0. The van der Waals surface area contributed by atoms with E-state index in [1.54, 1.807) is 12.1 Å². The Morgan fingerprint density at radius 1 is 1.19 bits per heavy atom. The third-order valence-corrected chi connectivity index (χ3v) is 11.3. The topological polar surface area (TPSA) is 12.5 Å². The van der Waals surface area contributed by atoms with E-state index in [0.717, 1.165) is 26.1 Å². The van der Waals surface area contributed by atoms with Crippen molar-refractivity contribution in [3.63, 3.8) is 0 Å². The van der Waals surface area contributed by atoms with Crippen molar-refractivity contribution in [2.24, 2.45) is 0 Å². The molecule has 0 aromatic heterocycles. The number of hydrogen-bond donors (Lipinski definition) is 0. The normalized spacial score (nSPS) is 13.9. The van der Waals surface area contributed by atoms with Gasteiger partial charge in [-0.3, -0.25) is 0 Å². The molecule has 0 fully saturated rings.